The number of thioether (sulfide) groups is 1. The zero-order valence-electron chi connectivity index (χ0n) is 9.22. The molecule has 1 aromatic carbocycles. The molecule has 0 fully saturated rings. The number of hydrogen-bond donors (Lipinski definition) is 0. The van der Waals surface area contributed by atoms with Crippen LogP contribution in [0.4, 0.5) is 0 Å². The van der Waals surface area contributed by atoms with Gasteiger partial charge in [-0.3, -0.25) is 14.7 Å². The van der Waals surface area contributed by atoms with Gasteiger partial charge in [0.05, 0.1) is 0 Å². The first kappa shape index (κ1) is 11.2. The third-order valence-electron chi connectivity index (χ3n) is 2.47. The maximum atomic E-state index is 12.2. The number of benzene rings is 1. The molecule has 0 saturated heterocycles. The highest BCUT2D eigenvalue weighted by Crippen LogP contribution is 2.15. The highest BCUT2D eigenvalue weighted by molar-refractivity contribution is 8.13. The molecule has 0 N–H and O–H groups in total. The van der Waals surface area contributed by atoms with Crippen LogP contribution in [-0.4, -0.2) is 35.3 Å². The van der Waals surface area contributed by atoms with Gasteiger partial charge in [-0.1, -0.05) is 30.0 Å². The first-order valence-electron chi connectivity index (χ1n) is 5.28. The van der Waals surface area contributed by atoms with Gasteiger partial charge in [0, 0.05) is 18.7 Å². The van der Waals surface area contributed by atoms with E-state index < -0.39 is 0 Å². The molecule has 84 valence electrons. The summed E-state index contributed by atoms with van der Waals surface area (Å²) >= 11 is 1.53. The van der Waals surface area contributed by atoms with Crippen molar-refractivity contribution in [3.8, 4) is 0 Å². The highest BCUT2D eigenvalue weighted by Gasteiger charge is 2.22. The van der Waals surface area contributed by atoms with Gasteiger partial charge in [-0.2, -0.15) is 0 Å². The van der Waals surface area contributed by atoms with Gasteiger partial charge in [-0.05, 0) is 24.8 Å². The Balaban J connectivity index is 2.22. The molecule has 1 aliphatic rings. The molecule has 1 aliphatic heterocycles. The monoisotopic (exact) mass is 234 g/mol. The van der Waals surface area contributed by atoms with E-state index in [-0.39, 0.29) is 5.91 Å². The third kappa shape index (κ3) is 2.27. The number of amidine groups is 1. The fourth-order valence-corrected chi connectivity index (χ4v) is 2.30. The number of rotatable bonds is 1. The minimum atomic E-state index is 0.0494. The van der Waals surface area contributed by atoms with Crippen LogP contribution in [0.1, 0.15) is 16.8 Å². The molecule has 4 heteroatoms. The second-order valence-corrected chi connectivity index (χ2v) is 4.32. The van der Waals surface area contributed by atoms with E-state index >= 15 is 0 Å². The zero-order valence-corrected chi connectivity index (χ0v) is 10.0. The smallest absolute Gasteiger partial charge is 0.259 e. The molecule has 16 heavy (non-hydrogen) atoms. The molecule has 1 heterocycles. The molecule has 0 spiro atoms. The topological polar surface area (TPSA) is 32.7 Å². The second-order valence-electron chi connectivity index (χ2n) is 3.54. The Morgan fingerprint density at radius 2 is 2.12 bits per heavy atom. The Bertz CT molecular complexity index is 403. The van der Waals surface area contributed by atoms with Gasteiger partial charge in [0.1, 0.15) is 0 Å². The minimum absolute atomic E-state index is 0.0494. The Hall–Kier alpha value is -1.29. The van der Waals surface area contributed by atoms with Crippen LogP contribution in [0.2, 0.25) is 0 Å². The van der Waals surface area contributed by atoms with E-state index in [1.54, 1.807) is 4.90 Å². The second kappa shape index (κ2) is 5.16. The molecule has 1 amide bonds. The summed E-state index contributed by atoms with van der Waals surface area (Å²) in [7, 11) is 0. The molecule has 0 atom stereocenters. The van der Waals surface area contributed by atoms with E-state index in [9.17, 15) is 4.79 Å². The standard InChI is InChI=1S/C12H14N2OS/c1-16-12-13-8-5-9-14(12)11(15)10-6-3-2-4-7-10/h2-4,6-7H,5,8-9H2,1H3. The maximum Gasteiger partial charge on any atom is 0.259 e. The quantitative estimate of drug-likeness (QED) is 0.746. The van der Waals surface area contributed by atoms with Crippen molar-refractivity contribution in [2.45, 2.75) is 6.42 Å². The summed E-state index contributed by atoms with van der Waals surface area (Å²) in [5.74, 6) is 0.0494. The summed E-state index contributed by atoms with van der Waals surface area (Å²) in [6.45, 7) is 1.60. The Morgan fingerprint density at radius 3 is 2.81 bits per heavy atom. The SMILES string of the molecule is CSC1=NCCCN1C(=O)c1ccccc1. The van der Waals surface area contributed by atoms with E-state index in [0.717, 1.165) is 30.2 Å². The third-order valence-corrected chi connectivity index (χ3v) is 3.18. The molecular weight excluding hydrogens is 220 g/mol. The summed E-state index contributed by atoms with van der Waals surface area (Å²) in [6.07, 6.45) is 2.90. The minimum Gasteiger partial charge on any atom is -0.287 e. The van der Waals surface area contributed by atoms with Gasteiger partial charge in [-0.15, -0.1) is 0 Å². The number of carbonyl (C=O) groups excluding carboxylic acids is 1. The Kier molecular flexibility index (Phi) is 3.62. The van der Waals surface area contributed by atoms with Crippen molar-refractivity contribution in [1.29, 1.82) is 0 Å². The lowest BCUT2D eigenvalue weighted by Gasteiger charge is -2.26. The van der Waals surface area contributed by atoms with Crippen molar-refractivity contribution in [3.63, 3.8) is 0 Å². The van der Waals surface area contributed by atoms with Crippen molar-refractivity contribution >= 4 is 22.8 Å². The molecule has 0 aliphatic carbocycles. The Labute approximate surface area is 99.6 Å². The number of carbonyl (C=O) groups is 1. The fraction of sp³-hybridized carbons (Fsp3) is 0.333. The van der Waals surface area contributed by atoms with E-state index in [4.69, 9.17) is 0 Å². The van der Waals surface area contributed by atoms with Crippen LogP contribution in [-0.2, 0) is 0 Å². The fourth-order valence-electron chi connectivity index (χ4n) is 1.68. The first-order chi connectivity index (χ1) is 7.83. The van der Waals surface area contributed by atoms with Crippen LogP contribution < -0.4 is 0 Å². The van der Waals surface area contributed by atoms with Crippen LogP contribution in [0.5, 0.6) is 0 Å². The van der Waals surface area contributed by atoms with Gasteiger partial charge in [0.15, 0.2) is 5.17 Å². The van der Waals surface area contributed by atoms with Crippen LogP contribution in [0.25, 0.3) is 0 Å². The van der Waals surface area contributed by atoms with E-state index in [1.165, 1.54) is 11.8 Å². The van der Waals surface area contributed by atoms with Crippen LogP contribution >= 0.6 is 11.8 Å². The predicted octanol–water partition coefficient (Wildman–Crippen LogP) is 2.25. The number of amides is 1. The lowest BCUT2D eigenvalue weighted by molar-refractivity contribution is 0.0845. The van der Waals surface area contributed by atoms with Gasteiger partial charge in [0.2, 0.25) is 0 Å². The molecule has 0 aromatic heterocycles. The number of hydrogen-bond acceptors (Lipinski definition) is 3. The van der Waals surface area contributed by atoms with Gasteiger partial charge in [0.25, 0.3) is 5.91 Å². The van der Waals surface area contributed by atoms with Crippen LogP contribution in [0.3, 0.4) is 0 Å². The van der Waals surface area contributed by atoms with E-state index in [2.05, 4.69) is 4.99 Å². The summed E-state index contributed by atoms with van der Waals surface area (Å²) in [6, 6.07) is 9.36. The molecule has 0 saturated carbocycles. The molecule has 3 nitrogen and oxygen atoms in total. The summed E-state index contributed by atoms with van der Waals surface area (Å²) in [5, 5.41) is 0.833. The molecular formula is C12H14N2OS. The van der Waals surface area contributed by atoms with Crippen molar-refractivity contribution < 1.29 is 4.79 Å². The number of aliphatic imine (C=N–C) groups is 1. The van der Waals surface area contributed by atoms with Crippen LogP contribution in [0.15, 0.2) is 35.3 Å². The van der Waals surface area contributed by atoms with Crippen molar-refractivity contribution in [2.75, 3.05) is 19.3 Å². The van der Waals surface area contributed by atoms with Gasteiger partial charge >= 0.3 is 0 Å². The summed E-state index contributed by atoms with van der Waals surface area (Å²) < 4.78 is 0. The average Bonchev–Trinajstić information content (AvgIpc) is 2.39. The summed E-state index contributed by atoms with van der Waals surface area (Å²) in [5.41, 5.74) is 0.728. The first-order valence-corrected chi connectivity index (χ1v) is 6.51. The molecule has 1 aromatic rings. The lowest BCUT2D eigenvalue weighted by atomic mass is 10.2. The maximum absolute atomic E-state index is 12.2. The largest absolute Gasteiger partial charge is 0.287 e. The molecule has 0 unspecified atom stereocenters. The zero-order chi connectivity index (χ0) is 11.4. The van der Waals surface area contributed by atoms with Crippen molar-refractivity contribution in [3.05, 3.63) is 35.9 Å². The van der Waals surface area contributed by atoms with Gasteiger partial charge < -0.3 is 0 Å². The molecule has 0 bridgehead atoms. The molecule has 0 radical (unpaired) electrons. The van der Waals surface area contributed by atoms with Crippen LogP contribution in [0, 0.1) is 0 Å². The van der Waals surface area contributed by atoms with Crippen molar-refractivity contribution in [1.82, 2.24) is 4.90 Å². The summed E-state index contributed by atoms with van der Waals surface area (Å²) in [4.78, 5) is 18.3. The van der Waals surface area contributed by atoms with Crippen molar-refractivity contribution in [2.24, 2.45) is 4.99 Å². The predicted molar refractivity (Wildman–Crippen MR) is 67.9 cm³/mol. The lowest BCUT2D eigenvalue weighted by Crippen LogP contribution is -2.38. The van der Waals surface area contributed by atoms with Gasteiger partial charge in [-0.25, -0.2) is 0 Å². The van der Waals surface area contributed by atoms with E-state index in [1.807, 2.05) is 36.6 Å². The Morgan fingerprint density at radius 1 is 1.38 bits per heavy atom. The normalized spacial score (nSPS) is 15.8. The average molecular weight is 234 g/mol. The molecule has 2 rings (SSSR count). The van der Waals surface area contributed by atoms with E-state index in [0.29, 0.717) is 0 Å². The number of nitrogens with zero attached hydrogens (tertiary/aromatic N) is 2. The highest BCUT2D eigenvalue weighted by atomic mass is 32.2.